The maximum Gasteiger partial charge on any atom is 0.311 e. The maximum atomic E-state index is 14.2. The SMILES string of the molecule is CCCCCCCCC(CN(CCC(=O)NCC[N+](C)(C)CCCS(=O)(=O)O)CCN(CCN(CC(CCCCCCCC)OC(=O)C(C)(C)C)CC(CCCCCCCC)OC(=O)C(C)(C)C)CCN(CC(CCCCCCCC)OC(=O)C(C)(C)C)CC(CCCCCCCC)OC(=O)C(C)(C)C)OC(=O)C(C)(C)C. The van der Waals surface area contributed by atoms with E-state index in [0.717, 1.165) is 161 Å². The number of amides is 1. The lowest BCUT2D eigenvalue weighted by molar-refractivity contribution is -0.889. The van der Waals surface area contributed by atoms with Crippen molar-refractivity contribution in [2.75, 3.05) is 118 Å². The van der Waals surface area contributed by atoms with Crippen molar-refractivity contribution in [2.45, 2.75) is 407 Å². The van der Waals surface area contributed by atoms with Gasteiger partial charge in [0.25, 0.3) is 10.1 Å². The fourth-order valence-corrected chi connectivity index (χ4v) is 13.9. The van der Waals surface area contributed by atoms with Crippen LogP contribution in [-0.4, -0.2) is 221 Å². The van der Waals surface area contributed by atoms with Gasteiger partial charge in [0, 0.05) is 91.4 Å². The number of unbranched alkanes of at least 4 members (excludes halogenated alkanes) is 25. The zero-order chi connectivity index (χ0) is 84.9. The van der Waals surface area contributed by atoms with Gasteiger partial charge in [-0.15, -0.1) is 0 Å². The first kappa shape index (κ1) is 109. The fourth-order valence-electron chi connectivity index (χ4n) is 13.4. The molecule has 662 valence electrons. The highest BCUT2D eigenvalue weighted by Crippen LogP contribution is 2.27. The van der Waals surface area contributed by atoms with E-state index in [1.807, 2.05) is 118 Å². The summed E-state index contributed by atoms with van der Waals surface area (Å²) in [5.41, 5.74) is -3.74. The molecule has 0 aromatic carbocycles. The Kier molecular flexibility index (Phi) is 58.2. The molecule has 5 atom stereocenters. The average molecular weight is 1610 g/mol. The Morgan fingerprint density at radius 1 is 0.321 bits per heavy atom. The molecule has 0 spiro atoms. The van der Waals surface area contributed by atoms with Crippen molar-refractivity contribution in [2.24, 2.45) is 27.1 Å². The number of hydrogen-bond donors (Lipinski definition) is 2. The van der Waals surface area contributed by atoms with Crippen molar-refractivity contribution in [3.63, 3.8) is 0 Å². The van der Waals surface area contributed by atoms with Gasteiger partial charge in [-0.3, -0.25) is 52.9 Å². The summed E-state index contributed by atoms with van der Waals surface area (Å²) in [5.74, 6) is -1.78. The number of hydrogen-bond acceptors (Lipinski definition) is 17. The minimum absolute atomic E-state index is 0.138. The van der Waals surface area contributed by atoms with E-state index >= 15 is 0 Å². The highest BCUT2D eigenvalue weighted by molar-refractivity contribution is 7.85. The molecule has 112 heavy (non-hydrogen) atoms. The van der Waals surface area contributed by atoms with Crippen LogP contribution in [0.3, 0.4) is 0 Å². The molecule has 0 aliphatic carbocycles. The molecule has 2 N–H and O–H groups in total. The Labute approximate surface area is 688 Å². The van der Waals surface area contributed by atoms with Crippen molar-refractivity contribution < 1.29 is 69.9 Å². The van der Waals surface area contributed by atoms with Gasteiger partial charge >= 0.3 is 29.8 Å². The largest absolute Gasteiger partial charge is 0.461 e. The van der Waals surface area contributed by atoms with Crippen LogP contribution in [0.15, 0.2) is 0 Å². The van der Waals surface area contributed by atoms with Gasteiger partial charge < -0.3 is 33.5 Å². The number of quaternary nitrogens is 1. The van der Waals surface area contributed by atoms with E-state index < -0.39 is 67.7 Å². The van der Waals surface area contributed by atoms with Gasteiger partial charge in [-0.05, 0) is 168 Å². The van der Waals surface area contributed by atoms with Crippen LogP contribution in [0.5, 0.6) is 0 Å². The number of esters is 5. The first-order valence-corrected chi connectivity index (χ1v) is 47.0. The first-order valence-electron chi connectivity index (χ1n) is 45.4. The Morgan fingerprint density at radius 2 is 0.545 bits per heavy atom. The van der Waals surface area contributed by atoms with E-state index in [-0.39, 0.29) is 54.3 Å². The second-order valence-corrected chi connectivity index (χ2v) is 40.5. The summed E-state index contributed by atoms with van der Waals surface area (Å²) < 4.78 is 66.2. The van der Waals surface area contributed by atoms with E-state index in [1.54, 1.807) is 0 Å². The quantitative estimate of drug-likeness (QED) is 0.0190. The molecule has 0 saturated carbocycles. The van der Waals surface area contributed by atoms with Crippen LogP contribution in [0.25, 0.3) is 0 Å². The molecule has 0 aliphatic heterocycles. The lowest BCUT2D eigenvalue weighted by Gasteiger charge is -2.36. The van der Waals surface area contributed by atoms with Gasteiger partial charge in [-0.1, -0.05) is 195 Å². The summed E-state index contributed by atoms with van der Waals surface area (Å²) in [6.07, 6.45) is 34.0. The number of nitrogens with one attached hydrogen (secondary N) is 1. The number of carbonyl (C=O) groups excluding carboxylic acids is 6. The van der Waals surface area contributed by atoms with Crippen molar-refractivity contribution in [1.82, 2.24) is 24.9 Å². The molecule has 0 heterocycles. The molecule has 0 aromatic rings. The van der Waals surface area contributed by atoms with Crippen molar-refractivity contribution in [3.05, 3.63) is 0 Å². The zero-order valence-electron chi connectivity index (χ0n) is 76.8. The van der Waals surface area contributed by atoms with Crippen LogP contribution >= 0.6 is 0 Å². The summed E-state index contributed by atoms with van der Waals surface area (Å²) in [6, 6.07) is 0. The summed E-state index contributed by atoms with van der Waals surface area (Å²) >= 11 is 0. The smallest absolute Gasteiger partial charge is 0.311 e. The van der Waals surface area contributed by atoms with E-state index in [0.29, 0.717) is 135 Å². The van der Waals surface area contributed by atoms with Crippen molar-refractivity contribution in [1.29, 1.82) is 0 Å². The van der Waals surface area contributed by atoms with Crippen LogP contribution in [0.2, 0.25) is 0 Å². The lowest BCUT2D eigenvalue weighted by atomic mass is 9.97. The molecule has 20 nitrogen and oxygen atoms in total. The molecule has 0 aromatic heterocycles. The number of likely N-dealkylation sites (N-methyl/N-ethyl adjacent to an activating group) is 1. The Morgan fingerprint density at radius 3 is 0.786 bits per heavy atom. The van der Waals surface area contributed by atoms with Gasteiger partial charge in [-0.25, -0.2) is 0 Å². The van der Waals surface area contributed by atoms with Crippen LogP contribution in [0.1, 0.15) is 376 Å². The molecule has 0 rings (SSSR count). The normalized spacial score (nSPS) is 14.2. The van der Waals surface area contributed by atoms with E-state index in [4.69, 9.17) is 23.7 Å². The molecule has 0 aliphatic rings. The molecule has 21 heteroatoms. The topological polar surface area (TPSA) is 228 Å². The van der Waals surface area contributed by atoms with E-state index in [2.05, 4.69) is 59.5 Å². The predicted octanol–water partition coefficient (Wildman–Crippen LogP) is 19.6. The molecule has 0 bridgehead atoms. The molecule has 1 amide bonds. The number of ether oxygens (including phenoxy) is 5. The van der Waals surface area contributed by atoms with Crippen molar-refractivity contribution in [3.8, 4) is 0 Å². The second kappa shape index (κ2) is 60.1. The number of carbonyl (C=O) groups is 6. The summed E-state index contributed by atoms with van der Waals surface area (Å²) in [6.45, 7) is 46.6. The fraction of sp³-hybridized carbons (Fsp3) is 0.934. The Hall–Kier alpha value is -3.47. The van der Waals surface area contributed by atoms with Gasteiger partial charge in [0.2, 0.25) is 5.91 Å². The second-order valence-electron chi connectivity index (χ2n) is 39.0. The first-order chi connectivity index (χ1) is 52.4. The minimum atomic E-state index is -4.11. The zero-order valence-corrected chi connectivity index (χ0v) is 77.6. The molecular formula is C91H179N6O14S+. The summed E-state index contributed by atoms with van der Waals surface area (Å²) in [4.78, 5) is 94.6. The van der Waals surface area contributed by atoms with Crippen LogP contribution < -0.4 is 5.32 Å². The molecule has 0 fully saturated rings. The van der Waals surface area contributed by atoms with Crippen molar-refractivity contribution >= 4 is 45.9 Å². The third kappa shape index (κ3) is 59.2. The molecule has 0 saturated heterocycles. The maximum absolute atomic E-state index is 14.2. The van der Waals surface area contributed by atoms with Crippen LogP contribution in [0, 0.1) is 27.1 Å². The number of rotatable bonds is 69. The Bertz CT molecular complexity index is 2360. The number of nitrogens with zero attached hydrogens (tertiary/aromatic N) is 5. The van der Waals surface area contributed by atoms with Crippen LogP contribution in [-0.2, 0) is 62.6 Å². The monoisotopic (exact) mass is 1610 g/mol. The van der Waals surface area contributed by atoms with Gasteiger partial charge in [-0.2, -0.15) is 8.42 Å². The predicted molar refractivity (Wildman–Crippen MR) is 463 cm³/mol. The van der Waals surface area contributed by atoms with Gasteiger partial charge in [0.05, 0.1) is 66.6 Å². The third-order valence-corrected chi connectivity index (χ3v) is 22.0. The van der Waals surface area contributed by atoms with Crippen LogP contribution in [0.4, 0.5) is 0 Å². The van der Waals surface area contributed by atoms with Gasteiger partial charge in [0.15, 0.2) is 0 Å². The molecule has 5 unspecified atom stereocenters. The third-order valence-electron chi connectivity index (χ3n) is 21.2. The minimum Gasteiger partial charge on any atom is -0.461 e. The van der Waals surface area contributed by atoms with Gasteiger partial charge in [0.1, 0.15) is 30.5 Å². The lowest BCUT2D eigenvalue weighted by Crippen LogP contribution is -2.49. The molecule has 0 radical (unpaired) electrons. The Balaban J connectivity index is 8.96. The van der Waals surface area contributed by atoms with E-state index in [9.17, 15) is 41.7 Å². The standard InChI is InChI=1S/C91H178N6O14S/c1-23-28-33-38-43-48-54-76(107-82(99)87(6,7)8)71-94(61-59-81(98)92-60-69-97(21,22)68-53-70-112(104,105)106)65-62-93(63-66-95(72-77(108-83(100)88(9,10)11)55-49-44-39-34-29-24-2)73-78(109-84(101)89(12,13)14)56-50-45-40-35-30-25-3)64-67-96(74-79(110-85(102)90(15,16)17)57-51-46-41-36-31-26-4)75-80(111-86(103)91(18,19)20)58-52-47-42-37-32-27-5/h76-80H,23-75H2,1-22H3,(H-,92,98,104,105,106)/p+1. The summed E-state index contributed by atoms with van der Waals surface area (Å²) in [7, 11) is -0.152. The highest BCUT2D eigenvalue weighted by atomic mass is 32.2. The summed E-state index contributed by atoms with van der Waals surface area (Å²) in [5, 5.41) is 3.15. The van der Waals surface area contributed by atoms with E-state index in [1.165, 1.54) is 32.1 Å². The molecular weight excluding hydrogens is 1430 g/mol. The average Bonchev–Trinajstić information content (AvgIpc) is 0.873. The highest BCUT2D eigenvalue weighted by Gasteiger charge is 2.35.